The van der Waals surface area contributed by atoms with Crippen LogP contribution >= 0.6 is 22.7 Å². The number of aromatic nitrogens is 2. The molecular formula is C34H48N8O6S2. The van der Waals surface area contributed by atoms with Gasteiger partial charge in [0.15, 0.2) is 12.1 Å². The van der Waals surface area contributed by atoms with Crippen LogP contribution in [0.3, 0.4) is 0 Å². The molecule has 50 heavy (non-hydrogen) atoms. The van der Waals surface area contributed by atoms with Crippen molar-refractivity contribution < 1.29 is 28.7 Å². The summed E-state index contributed by atoms with van der Waals surface area (Å²) in [6, 6.07) is -3.78. The Morgan fingerprint density at radius 3 is 1.36 bits per heavy atom. The maximum atomic E-state index is 13.6. The first kappa shape index (κ1) is 37.3. The molecule has 0 radical (unpaired) electrons. The molecule has 2 aromatic rings. The lowest BCUT2D eigenvalue weighted by atomic mass is 9.99. The molecule has 14 nitrogen and oxygen atoms in total. The van der Waals surface area contributed by atoms with Gasteiger partial charge in [0, 0.05) is 10.8 Å². The second kappa shape index (κ2) is 16.0. The maximum Gasteiger partial charge on any atom is 0.271 e. The molecule has 5 rings (SSSR count). The smallest absolute Gasteiger partial charge is 0.271 e. The van der Waals surface area contributed by atoms with Crippen molar-refractivity contribution >= 4 is 58.1 Å². The Hall–Kier alpha value is -3.92. The van der Waals surface area contributed by atoms with Crippen molar-refractivity contribution in [1.82, 2.24) is 31.2 Å². The first-order valence-corrected chi connectivity index (χ1v) is 19.1. The molecule has 0 saturated carbocycles. The largest absolute Gasteiger partial charge is 0.477 e. The van der Waals surface area contributed by atoms with Crippen LogP contribution in [0.4, 0.5) is 0 Å². The van der Waals surface area contributed by atoms with Gasteiger partial charge in [0.25, 0.3) is 11.8 Å². The van der Waals surface area contributed by atoms with E-state index in [-0.39, 0.29) is 71.9 Å². The Balaban J connectivity index is 1.51. The second-order valence-corrected chi connectivity index (χ2v) is 15.6. The fourth-order valence-electron chi connectivity index (χ4n) is 5.79. The van der Waals surface area contributed by atoms with Crippen LogP contribution in [0.1, 0.15) is 111 Å². The summed E-state index contributed by atoms with van der Waals surface area (Å²) in [6.07, 6.45) is 1.50. The van der Waals surface area contributed by atoms with Crippen molar-refractivity contribution in [3.05, 3.63) is 32.2 Å². The van der Waals surface area contributed by atoms with Crippen molar-refractivity contribution in [3.8, 4) is 0 Å². The van der Waals surface area contributed by atoms with Gasteiger partial charge in [0.1, 0.15) is 46.7 Å². The third-order valence-electron chi connectivity index (χ3n) is 9.45. The molecule has 8 atom stereocenters. The van der Waals surface area contributed by atoms with E-state index in [1.54, 1.807) is 10.8 Å². The molecule has 8 bridgehead atoms. The highest BCUT2D eigenvalue weighted by molar-refractivity contribution is 7.10. The highest BCUT2D eigenvalue weighted by atomic mass is 32.1. The minimum Gasteiger partial charge on any atom is -0.477 e. The van der Waals surface area contributed by atoms with Gasteiger partial charge in [-0.05, 0) is 23.7 Å². The van der Waals surface area contributed by atoms with Gasteiger partial charge in [0.2, 0.25) is 23.6 Å². The highest BCUT2D eigenvalue weighted by Gasteiger charge is 2.38. The second-order valence-electron chi connectivity index (χ2n) is 13.9. The average Bonchev–Trinajstić information content (AvgIpc) is 3.92. The number of carbonyl (C=O) groups excluding carboxylic acids is 4. The van der Waals surface area contributed by atoms with Crippen molar-refractivity contribution in [2.75, 3.05) is 13.2 Å². The SMILES string of the molecule is CCC(C)[C@H]1NC(=O)[C@@H]2COC(=N2)[C@H](C(C)C)NC(=O)c2csc(n2)[C@@H](C(C)CC)NC(=O)[C@@H]2COC(=N2)[C@H](C(C)C)NC(=O)c2csc1n2. The lowest BCUT2D eigenvalue weighted by Gasteiger charge is -2.23. The highest BCUT2D eigenvalue weighted by Crippen LogP contribution is 2.30. The number of rotatable bonds is 6. The van der Waals surface area contributed by atoms with Crippen LogP contribution in [0.15, 0.2) is 20.7 Å². The summed E-state index contributed by atoms with van der Waals surface area (Å²) in [5.41, 5.74) is 0.416. The molecule has 5 heterocycles. The van der Waals surface area contributed by atoms with E-state index in [9.17, 15) is 19.2 Å². The van der Waals surface area contributed by atoms with Crippen LogP contribution < -0.4 is 21.3 Å². The van der Waals surface area contributed by atoms with Crippen molar-refractivity contribution in [1.29, 1.82) is 0 Å². The zero-order valence-electron chi connectivity index (χ0n) is 29.8. The van der Waals surface area contributed by atoms with E-state index in [2.05, 4.69) is 41.2 Å². The van der Waals surface area contributed by atoms with Gasteiger partial charge in [-0.1, -0.05) is 68.2 Å². The number of nitrogens with one attached hydrogen (secondary N) is 4. The number of aliphatic imine (C=N–C) groups is 2. The number of amides is 4. The van der Waals surface area contributed by atoms with Crippen LogP contribution in [0, 0.1) is 23.7 Å². The first-order chi connectivity index (χ1) is 23.8. The van der Waals surface area contributed by atoms with Crippen molar-refractivity contribution in [2.24, 2.45) is 33.7 Å². The van der Waals surface area contributed by atoms with E-state index < -0.39 is 48.1 Å². The predicted octanol–water partition coefficient (Wildman–Crippen LogP) is 3.82. The third kappa shape index (κ3) is 8.17. The number of nitrogens with zero attached hydrogens (tertiary/aromatic N) is 4. The molecular weight excluding hydrogens is 681 g/mol. The summed E-state index contributed by atoms with van der Waals surface area (Å²) < 4.78 is 11.8. The molecule has 2 unspecified atom stereocenters. The maximum absolute atomic E-state index is 13.6. The molecule has 3 aliphatic heterocycles. The van der Waals surface area contributed by atoms with Crippen molar-refractivity contribution in [2.45, 2.75) is 104 Å². The standard InChI is InChI=1S/C34H48N8O6S2/c1-9-17(7)25-33-37-21(13-49-33)29(45)39-24(16(5)6)32-36-20(12-48-32)28(44)42-26(18(8)10-2)34-38-22(14-50-34)30(46)40-23(15(3)4)31-35-19(11-47-31)27(43)41-25/h13-20,23-26H,9-12H2,1-8H3,(H,39,45)(H,40,46)(H,41,43)(H,42,44)/t17?,18?,19-,20-,23-,24-,25+,26+/m0/s1. The van der Waals surface area contributed by atoms with E-state index in [1.165, 1.54) is 22.7 Å². The number of hydrogen-bond donors (Lipinski definition) is 4. The van der Waals surface area contributed by atoms with E-state index in [4.69, 9.17) is 9.47 Å². The Morgan fingerprint density at radius 2 is 1.02 bits per heavy atom. The number of fused-ring (bicyclic) bond motifs is 6. The van der Waals surface area contributed by atoms with Crippen LogP contribution in [-0.2, 0) is 19.1 Å². The van der Waals surface area contributed by atoms with Crippen LogP contribution in [0.5, 0.6) is 0 Å². The molecule has 16 heteroatoms. The summed E-state index contributed by atoms with van der Waals surface area (Å²) in [7, 11) is 0. The quantitative estimate of drug-likeness (QED) is 0.346. The summed E-state index contributed by atoms with van der Waals surface area (Å²) in [6.45, 7) is 15.8. The molecule has 0 saturated heterocycles. The van der Waals surface area contributed by atoms with E-state index in [0.29, 0.717) is 10.0 Å². The Bertz CT molecular complexity index is 1520. The molecule has 0 aliphatic carbocycles. The molecule has 272 valence electrons. The first-order valence-electron chi connectivity index (χ1n) is 17.3. The van der Waals surface area contributed by atoms with Gasteiger partial charge in [-0.3, -0.25) is 19.2 Å². The summed E-state index contributed by atoms with van der Waals surface area (Å²) >= 11 is 2.59. The monoisotopic (exact) mass is 728 g/mol. The van der Waals surface area contributed by atoms with E-state index in [1.807, 2.05) is 55.4 Å². The Labute approximate surface area is 300 Å². The lowest BCUT2D eigenvalue weighted by Crippen LogP contribution is -2.45. The summed E-state index contributed by atoms with van der Waals surface area (Å²) in [4.78, 5) is 72.7. The number of hydrogen-bond acceptors (Lipinski definition) is 12. The van der Waals surface area contributed by atoms with Crippen molar-refractivity contribution in [3.63, 3.8) is 0 Å². The topological polar surface area (TPSA) is 185 Å². The van der Waals surface area contributed by atoms with Gasteiger partial charge in [-0.15, -0.1) is 22.7 Å². The molecule has 3 aliphatic rings. The Kier molecular flexibility index (Phi) is 11.9. The molecule has 4 amide bonds. The van der Waals surface area contributed by atoms with Crippen LogP contribution in [-0.4, -0.2) is 82.8 Å². The fourth-order valence-corrected chi connectivity index (χ4v) is 7.75. The van der Waals surface area contributed by atoms with E-state index in [0.717, 1.165) is 12.8 Å². The fraction of sp³-hybridized carbons (Fsp3) is 0.647. The average molecular weight is 729 g/mol. The zero-order valence-corrected chi connectivity index (χ0v) is 31.4. The Morgan fingerprint density at radius 1 is 0.640 bits per heavy atom. The van der Waals surface area contributed by atoms with Crippen LogP contribution in [0.2, 0.25) is 0 Å². The summed E-state index contributed by atoms with van der Waals surface area (Å²) in [5, 5.41) is 16.7. The van der Waals surface area contributed by atoms with Gasteiger partial charge in [-0.2, -0.15) is 0 Å². The summed E-state index contributed by atoms with van der Waals surface area (Å²) in [5.74, 6) is -1.14. The molecule has 0 fully saturated rings. The predicted molar refractivity (Wildman–Crippen MR) is 191 cm³/mol. The lowest BCUT2D eigenvalue weighted by molar-refractivity contribution is -0.124. The van der Waals surface area contributed by atoms with Gasteiger partial charge in [0.05, 0.1) is 12.1 Å². The van der Waals surface area contributed by atoms with Crippen LogP contribution in [0.25, 0.3) is 0 Å². The van der Waals surface area contributed by atoms with E-state index >= 15 is 0 Å². The van der Waals surface area contributed by atoms with Gasteiger partial charge in [-0.25, -0.2) is 20.0 Å². The van der Waals surface area contributed by atoms with Gasteiger partial charge < -0.3 is 30.7 Å². The molecule has 2 aromatic heterocycles. The molecule has 0 spiro atoms. The minimum absolute atomic E-state index is 0.00342. The number of carbonyl (C=O) groups is 4. The minimum atomic E-state index is -0.823. The third-order valence-corrected chi connectivity index (χ3v) is 11.3. The number of thiazole rings is 2. The normalized spacial score (nSPS) is 27.6. The zero-order chi connectivity index (χ0) is 36.3. The molecule has 0 aromatic carbocycles. The number of ether oxygens (including phenoxy) is 2. The van der Waals surface area contributed by atoms with Gasteiger partial charge >= 0.3 is 0 Å². The molecule has 4 N–H and O–H groups in total.